The van der Waals surface area contributed by atoms with Gasteiger partial charge < -0.3 is 16.0 Å². The number of benzene rings is 2. The number of hydrogen-bond donors (Lipinski definition) is 3. The Hall–Kier alpha value is -5.25. The van der Waals surface area contributed by atoms with E-state index in [-0.39, 0.29) is 35.8 Å². The van der Waals surface area contributed by atoms with Gasteiger partial charge in [0.15, 0.2) is 0 Å². The summed E-state index contributed by atoms with van der Waals surface area (Å²) < 4.78 is 1.59. The number of pyridine rings is 1. The topological polar surface area (TPSA) is 162 Å². The van der Waals surface area contributed by atoms with Gasteiger partial charge in [-0.05, 0) is 80.6 Å². The molecule has 4 aromatic rings. The van der Waals surface area contributed by atoms with Gasteiger partial charge in [-0.1, -0.05) is 35.3 Å². The average molecular weight is 698 g/mol. The molecular weight excluding hydrogens is 667 g/mol. The highest BCUT2D eigenvalue weighted by molar-refractivity contribution is 6.35. The van der Waals surface area contributed by atoms with E-state index in [0.29, 0.717) is 58.2 Å². The van der Waals surface area contributed by atoms with Crippen molar-refractivity contribution < 1.29 is 19.2 Å². The largest absolute Gasteiger partial charge is 0.355 e. The number of anilines is 2. The number of carbonyl (C=O) groups excluding carboxylic acids is 4. The van der Waals surface area contributed by atoms with Gasteiger partial charge in [-0.15, -0.1) is 0 Å². The molecule has 3 N–H and O–H groups in total. The Kier molecular flexibility index (Phi) is 7.72. The molecule has 1 atom stereocenters. The highest BCUT2D eigenvalue weighted by Crippen LogP contribution is 2.47. The first kappa shape index (κ1) is 32.3. The monoisotopic (exact) mass is 696 g/mol. The summed E-state index contributed by atoms with van der Waals surface area (Å²) in [6.07, 6.45) is 5.21. The van der Waals surface area contributed by atoms with Crippen molar-refractivity contribution in [1.82, 2.24) is 30.5 Å². The quantitative estimate of drug-likeness (QED) is 0.232. The lowest BCUT2D eigenvalue weighted by Gasteiger charge is -2.27. The van der Waals surface area contributed by atoms with E-state index in [1.807, 2.05) is 0 Å². The van der Waals surface area contributed by atoms with E-state index in [4.69, 9.17) is 23.2 Å². The molecule has 14 heteroatoms. The molecular formula is C35H30Cl2N8O4. The first-order valence-electron chi connectivity index (χ1n) is 15.6. The fourth-order valence-corrected chi connectivity index (χ4v) is 6.94. The molecule has 3 aliphatic rings. The van der Waals surface area contributed by atoms with E-state index >= 15 is 0 Å². The second-order valence-corrected chi connectivity index (χ2v) is 13.8. The Morgan fingerprint density at radius 2 is 1.63 bits per heavy atom. The van der Waals surface area contributed by atoms with Gasteiger partial charge in [-0.3, -0.25) is 28.7 Å². The fourth-order valence-electron chi connectivity index (χ4n) is 6.42. The molecule has 0 radical (unpaired) electrons. The summed E-state index contributed by atoms with van der Waals surface area (Å²) in [5.74, 6) is -1.35. The molecule has 4 amide bonds. The number of amides is 4. The number of nitrogens with one attached hydrogen (secondary N) is 3. The summed E-state index contributed by atoms with van der Waals surface area (Å²) in [6, 6.07) is 17.0. The van der Waals surface area contributed by atoms with Crippen molar-refractivity contribution in [2.24, 2.45) is 0 Å². The van der Waals surface area contributed by atoms with Gasteiger partial charge in [0.2, 0.25) is 11.9 Å². The molecule has 7 rings (SSSR count). The van der Waals surface area contributed by atoms with Crippen LogP contribution < -0.4 is 20.9 Å². The molecule has 2 fully saturated rings. The zero-order chi connectivity index (χ0) is 34.7. The smallest absolute Gasteiger partial charge is 0.270 e. The first-order chi connectivity index (χ1) is 23.4. The summed E-state index contributed by atoms with van der Waals surface area (Å²) in [5.41, 5.74) is -0.510. The van der Waals surface area contributed by atoms with Crippen molar-refractivity contribution in [3.8, 4) is 6.07 Å². The standard InChI is InChI=1S/C35H30Cl2N8O4/c1-33(17-20-3-5-21(18-38)6-4-20)31(49)44(25-15-23(36)14-24(37)16-25)32-41-19-26(45(32)33)29(47)42-35(10-11-35)30(48)43-34(8-9-34)27-13-22(7-12-40-27)28(46)39-2/h3-7,12-16,19H,8-11,17H2,1-2H3,(H,39,46)(H,42,47)(H,43,48)/t33-/m1/s1. The van der Waals surface area contributed by atoms with E-state index in [1.54, 1.807) is 73.1 Å². The summed E-state index contributed by atoms with van der Waals surface area (Å²) in [7, 11) is 1.54. The van der Waals surface area contributed by atoms with Crippen LogP contribution >= 0.6 is 23.2 Å². The Morgan fingerprint density at radius 1 is 0.939 bits per heavy atom. The normalized spacial score (nSPS) is 19.4. The number of rotatable bonds is 9. The summed E-state index contributed by atoms with van der Waals surface area (Å²) in [4.78, 5) is 64.8. The van der Waals surface area contributed by atoms with Gasteiger partial charge in [-0.2, -0.15) is 5.26 Å². The maximum absolute atomic E-state index is 14.4. The maximum atomic E-state index is 14.4. The van der Waals surface area contributed by atoms with Crippen LogP contribution in [0.4, 0.5) is 11.6 Å². The van der Waals surface area contributed by atoms with E-state index in [1.165, 1.54) is 17.3 Å². The van der Waals surface area contributed by atoms with E-state index in [9.17, 15) is 24.4 Å². The van der Waals surface area contributed by atoms with Crippen LogP contribution in [-0.2, 0) is 27.1 Å². The lowest BCUT2D eigenvalue weighted by molar-refractivity contribution is -0.125. The summed E-state index contributed by atoms with van der Waals surface area (Å²) in [5, 5.41) is 18.5. The van der Waals surface area contributed by atoms with Gasteiger partial charge in [0.1, 0.15) is 16.8 Å². The molecule has 248 valence electrons. The highest BCUT2D eigenvalue weighted by Gasteiger charge is 2.57. The first-order valence-corrected chi connectivity index (χ1v) is 16.4. The lowest BCUT2D eigenvalue weighted by atomic mass is 9.91. The van der Waals surface area contributed by atoms with Gasteiger partial charge >= 0.3 is 0 Å². The molecule has 3 heterocycles. The van der Waals surface area contributed by atoms with Crippen LogP contribution in [0, 0.1) is 11.3 Å². The number of hydrogen-bond acceptors (Lipinski definition) is 7. The van der Waals surface area contributed by atoms with Crippen LogP contribution in [0.15, 0.2) is 67.0 Å². The third-order valence-electron chi connectivity index (χ3n) is 9.45. The van der Waals surface area contributed by atoms with Crippen LogP contribution in [-0.4, -0.2) is 50.8 Å². The van der Waals surface area contributed by atoms with Crippen molar-refractivity contribution in [3.63, 3.8) is 0 Å². The van der Waals surface area contributed by atoms with Crippen molar-refractivity contribution in [1.29, 1.82) is 5.26 Å². The number of nitriles is 1. The van der Waals surface area contributed by atoms with Crippen LogP contribution in [0.2, 0.25) is 10.0 Å². The van der Waals surface area contributed by atoms with Crippen LogP contribution in [0.25, 0.3) is 0 Å². The second kappa shape index (κ2) is 11.7. The number of aromatic nitrogens is 3. The molecule has 2 aromatic carbocycles. The third kappa shape index (κ3) is 5.58. The number of nitrogens with zero attached hydrogens (tertiary/aromatic N) is 5. The van der Waals surface area contributed by atoms with Crippen LogP contribution in [0.1, 0.15) is 70.3 Å². The van der Waals surface area contributed by atoms with Crippen LogP contribution in [0.5, 0.6) is 0 Å². The molecule has 12 nitrogen and oxygen atoms in total. The molecule has 0 saturated heterocycles. The minimum Gasteiger partial charge on any atom is -0.355 e. The minimum atomic E-state index is -1.33. The number of halogens is 2. The third-order valence-corrected chi connectivity index (χ3v) is 9.89. The van der Waals surface area contributed by atoms with Gasteiger partial charge in [0, 0.05) is 35.3 Å². The molecule has 49 heavy (non-hydrogen) atoms. The van der Waals surface area contributed by atoms with E-state index in [0.717, 1.165) is 5.56 Å². The van der Waals surface area contributed by atoms with Crippen molar-refractivity contribution in [2.45, 2.75) is 55.6 Å². The Balaban J connectivity index is 1.19. The number of imidazole rings is 1. The van der Waals surface area contributed by atoms with Gasteiger partial charge in [-0.25, -0.2) is 9.88 Å². The highest BCUT2D eigenvalue weighted by atomic mass is 35.5. The molecule has 2 saturated carbocycles. The van der Waals surface area contributed by atoms with Gasteiger partial charge in [0.25, 0.3) is 17.7 Å². The Labute approximate surface area is 291 Å². The molecule has 1 aliphatic heterocycles. The summed E-state index contributed by atoms with van der Waals surface area (Å²) >= 11 is 12.6. The zero-order valence-corrected chi connectivity index (χ0v) is 28.0. The molecule has 2 aromatic heterocycles. The Morgan fingerprint density at radius 3 is 2.24 bits per heavy atom. The van der Waals surface area contributed by atoms with Crippen molar-refractivity contribution in [2.75, 3.05) is 11.9 Å². The number of carbonyl (C=O) groups is 4. The fraction of sp³-hybridized carbons (Fsp3) is 0.286. The Bertz CT molecular complexity index is 2080. The zero-order valence-electron chi connectivity index (χ0n) is 26.5. The lowest BCUT2D eigenvalue weighted by Crippen LogP contribution is -2.52. The average Bonchev–Trinajstić information content (AvgIpc) is 3.99. The van der Waals surface area contributed by atoms with E-state index in [2.05, 4.69) is 32.0 Å². The summed E-state index contributed by atoms with van der Waals surface area (Å²) in [6.45, 7) is 1.72. The predicted octanol–water partition coefficient (Wildman–Crippen LogP) is 4.52. The van der Waals surface area contributed by atoms with Gasteiger partial charge in [0.05, 0.1) is 34.7 Å². The van der Waals surface area contributed by atoms with Crippen molar-refractivity contribution >= 4 is 58.5 Å². The minimum absolute atomic E-state index is 0.0928. The molecule has 0 unspecified atom stereocenters. The molecule has 0 bridgehead atoms. The second-order valence-electron chi connectivity index (χ2n) is 12.9. The SMILES string of the molecule is CNC(=O)c1ccnc(C2(NC(=O)C3(NC(=O)c4cnc5n4[C@](C)(Cc4ccc(C#N)cc4)C(=O)N5c4cc(Cl)cc(Cl)c4)CC3)CC2)c1. The predicted molar refractivity (Wildman–Crippen MR) is 180 cm³/mol. The van der Waals surface area contributed by atoms with E-state index < -0.39 is 22.5 Å². The van der Waals surface area contributed by atoms with Crippen LogP contribution in [0.3, 0.4) is 0 Å². The molecule has 0 spiro atoms. The number of fused-ring (bicyclic) bond motifs is 1. The maximum Gasteiger partial charge on any atom is 0.270 e. The molecule has 2 aliphatic carbocycles. The van der Waals surface area contributed by atoms with Crippen molar-refractivity contribution in [3.05, 3.63) is 105 Å².